The first-order valence-electron chi connectivity index (χ1n) is 8.82. The lowest BCUT2D eigenvalue weighted by atomic mass is 10.2. The molecule has 1 saturated heterocycles. The van der Waals surface area contributed by atoms with Crippen molar-refractivity contribution in [3.63, 3.8) is 0 Å². The summed E-state index contributed by atoms with van der Waals surface area (Å²) in [7, 11) is -3.34. The Morgan fingerprint density at radius 2 is 1.74 bits per heavy atom. The molecule has 1 aromatic heterocycles. The van der Waals surface area contributed by atoms with Crippen LogP contribution in [0, 0.1) is 6.92 Å². The van der Waals surface area contributed by atoms with Gasteiger partial charge in [-0.15, -0.1) is 0 Å². The lowest BCUT2D eigenvalue weighted by Crippen LogP contribution is -2.49. The molecular weight excluding hydrogens is 366 g/mol. The number of nitrogens with one attached hydrogen (secondary N) is 1. The van der Waals surface area contributed by atoms with Gasteiger partial charge in [-0.05, 0) is 30.7 Å². The number of H-pyrrole nitrogens is 1. The van der Waals surface area contributed by atoms with E-state index in [1.165, 1.54) is 0 Å². The zero-order valence-corrected chi connectivity index (χ0v) is 15.8. The molecule has 0 saturated carbocycles. The van der Waals surface area contributed by atoms with Crippen LogP contribution in [0.5, 0.6) is 0 Å². The Morgan fingerprint density at radius 1 is 1.04 bits per heavy atom. The van der Waals surface area contributed by atoms with Gasteiger partial charge in [0.2, 0.25) is 10.0 Å². The van der Waals surface area contributed by atoms with Crippen LogP contribution >= 0.6 is 0 Å². The van der Waals surface area contributed by atoms with Crippen LogP contribution in [-0.4, -0.2) is 43.9 Å². The first-order chi connectivity index (χ1) is 12.9. The molecule has 1 aliphatic heterocycles. The molecule has 0 radical (unpaired) electrons. The molecule has 7 nitrogen and oxygen atoms in total. The molecule has 8 heteroatoms. The number of nitrogens with zero attached hydrogens (tertiary/aromatic N) is 2. The van der Waals surface area contributed by atoms with Crippen molar-refractivity contribution in [2.45, 2.75) is 12.7 Å². The SMILES string of the molecule is Cc1ccc(CS(=O)(=O)N2CCN(c3ccc4oc(=O)[nH]c4c3)CC2)cc1. The van der Waals surface area contributed by atoms with Crippen LogP contribution < -0.4 is 10.7 Å². The number of hydrogen-bond donors (Lipinski definition) is 1. The van der Waals surface area contributed by atoms with Gasteiger partial charge in [0.05, 0.1) is 11.3 Å². The lowest BCUT2D eigenvalue weighted by molar-refractivity contribution is 0.384. The third kappa shape index (κ3) is 3.77. The molecule has 0 bridgehead atoms. The smallest absolute Gasteiger partial charge is 0.408 e. The number of sulfonamides is 1. The van der Waals surface area contributed by atoms with E-state index < -0.39 is 15.8 Å². The minimum atomic E-state index is -3.34. The molecule has 0 aliphatic carbocycles. The molecule has 1 fully saturated rings. The number of fused-ring (bicyclic) bond motifs is 1. The Bertz CT molecular complexity index is 1110. The fraction of sp³-hybridized carbons (Fsp3) is 0.316. The summed E-state index contributed by atoms with van der Waals surface area (Å²) in [4.78, 5) is 16.1. The quantitative estimate of drug-likeness (QED) is 0.741. The Morgan fingerprint density at radius 3 is 2.44 bits per heavy atom. The van der Waals surface area contributed by atoms with Crippen LogP contribution in [0.2, 0.25) is 0 Å². The molecule has 3 aromatic rings. The van der Waals surface area contributed by atoms with Gasteiger partial charge in [-0.3, -0.25) is 4.98 Å². The van der Waals surface area contributed by atoms with Crippen LogP contribution in [0.4, 0.5) is 5.69 Å². The number of anilines is 1. The summed E-state index contributed by atoms with van der Waals surface area (Å²) in [6.07, 6.45) is 0. The second-order valence-electron chi connectivity index (χ2n) is 6.82. The molecule has 0 spiro atoms. The summed E-state index contributed by atoms with van der Waals surface area (Å²) in [5.41, 5.74) is 4.02. The van der Waals surface area contributed by atoms with Gasteiger partial charge in [-0.25, -0.2) is 13.2 Å². The van der Waals surface area contributed by atoms with Gasteiger partial charge in [0.25, 0.3) is 0 Å². The Balaban J connectivity index is 1.44. The monoisotopic (exact) mass is 387 g/mol. The Labute approximate surface area is 157 Å². The molecule has 4 rings (SSSR count). The first kappa shape index (κ1) is 17.8. The number of benzene rings is 2. The topological polar surface area (TPSA) is 86.6 Å². The highest BCUT2D eigenvalue weighted by Crippen LogP contribution is 2.22. The van der Waals surface area contributed by atoms with Crippen LogP contribution in [0.25, 0.3) is 11.1 Å². The maximum atomic E-state index is 12.7. The Hall–Kier alpha value is -2.58. The van der Waals surface area contributed by atoms with Crippen molar-refractivity contribution in [3.05, 3.63) is 64.1 Å². The van der Waals surface area contributed by atoms with Gasteiger partial charge in [-0.2, -0.15) is 4.31 Å². The second kappa shape index (κ2) is 6.86. The second-order valence-corrected chi connectivity index (χ2v) is 8.79. The largest absolute Gasteiger partial charge is 0.417 e. The van der Waals surface area contributed by atoms with E-state index in [9.17, 15) is 13.2 Å². The van der Waals surface area contributed by atoms with Crippen LogP contribution in [0.15, 0.2) is 51.7 Å². The first-order valence-corrected chi connectivity index (χ1v) is 10.4. The van der Waals surface area contributed by atoms with E-state index in [1.807, 2.05) is 43.3 Å². The molecule has 0 atom stereocenters. The molecule has 0 unspecified atom stereocenters. The number of aryl methyl sites for hydroxylation is 1. The fourth-order valence-corrected chi connectivity index (χ4v) is 4.86. The standard InChI is InChI=1S/C19H21N3O4S/c1-14-2-4-15(5-3-14)13-27(24,25)22-10-8-21(9-11-22)16-6-7-18-17(12-16)20-19(23)26-18/h2-7,12H,8-11,13H2,1H3,(H,20,23). The van der Waals surface area contributed by atoms with Gasteiger partial charge in [-0.1, -0.05) is 29.8 Å². The number of aromatic amines is 1. The van der Waals surface area contributed by atoms with Gasteiger partial charge in [0.1, 0.15) is 0 Å². The van der Waals surface area contributed by atoms with Crippen LogP contribution in [0.1, 0.15) is 11.1 Å². The number of rotatable bonds is 4. The van der Waals surface area contributed by atoms with Crippen molar-refractivity contribution in [2.75, 3.05) is 31.1 Å². The van der Waals surface area contributed by atoms with Gasteiger partial charge >= 0.3 is 5.76 Å². The number of hydrogen-bond acceptors (Lipinski definition) is 5. The summed E-state index contributed by atoms with van der Waals surface area (Å²) < 4.78 is 32.0. The van der Waals surface area contributed by atoms with E-state index in [2.05, 4.69) is 9.88 Å². The summed E-state index contributed by atoms with van der Waals surface area (Å²) in [5, 5.41) is 0. The van der Waals surface area contributed by atoms with Crippen molar-refractivity contribution in [2.24, 2.45) is 0 Å². The molecular formula is C19H21N3O4S. The summed E-state index contributed by atoms with van der Waals surface area (Å²) in [5.74, 6) is -0.454. The minimum absolute atomic E-state index is 0.0233. The van der Waals surface area contributed by atoms with Gasteiger partial charge < -0.3 is 9.32 Å². The van der Waals surface area contributed by atoms with E-state index in [0.29, 0.717) is 37.3 Å². The Kier molecular flexibility index (Phi) is 4.53. The molecule has 1 N–H and O–H groups in total. The average Bonchev–Trinajstić information content (AvgIpc) is 3.03. The molecule has 27 heavy (non-hydrogen) atoms. The van der Waals surface area contributed by atoms with E-state index in [4.69, 9.17) is 4.42 Å². The lowest BCUT2D eigenvalue weighted by Gasteiger charge is -2.35. The molecule has 2 heterocycles. The van der Waals surface area contributed by atoms with Crippen molar-refractivity contribution < 1.29 is 12.8 Å². The average molecular weight is 387 g/mol. The number of piperazine rings is 1. The number of aromatic nitrogens is 1. The van der Waals surface area contributed by atoms with Crippen molar-refractivity contribution in [3.8, 4) is 0 Å². The third-order valence-electron chi connectivity index (χ3n) is 4.87. The molecule has 0 amide bonds. The maximum absolute atomic E-state index is 12.7. The summed E-state index contributed by atoms with van der Waals surface area (Å²) >= 11 is 0. The van der Waals surface area contributed by atoms with E-state index in [-0.39, 0.29) is 5.75 Å². The van der Waals surface area contributed by atoms with Gasteiger partial charge in [0.15, 0.2) is 5.58 Å². The minimum Gasteiger partial charge on any atom is -0.408 e. The summed E-state index contributed by atoms with van der Waals surface area (Å²) in [6, 6.07) is 13.1. The highest BCUT2D eigenvalue weighted by molar-refractivity contribution is 7.88. The van der Waals surface area contributed by atoms with E-state index >= 15 is 0 Å². The highest BCUT2D eigenvalue weighted by atomic mass is 32.2. The normalized spacial score (nSPS) is 16.1. The van der Waals surface area contributed by atoms with Crippen molar-refractivity contribution >= 4 is 26.8 Å². The fourth-order valence-electron chi connectivity index (χ4n) is 3.35. The molecule has 1 aliphatic rings. The predicted molar refractivity (Wildman–Crippen MR) is 104 cm³/mol. The van der Waals surface area contributed by atoms with Crippen molar-refractivity contribution in [1.29, 1.82) is 0 Å². The maximum Gasteiger partial charge on any atom is 0.417 e. The van der Waals surface area contributed by atoms with E-state index in [1.54, 1.807) is 10.4 Å². The molecule has 142 valence electrons. The predicted octanol–water partition coefficient (Wildman–Crippen LogP) is 2.08. The molecule has 2 aromatic carbocycles. The highest BCUT2D eigenvalue weighted by Gasteiger charge is 2.27. The van der Waals surface area contributed by atoms with Gasteiger partial charge in [0, 0.05) is 31.9 Å². The summed E-state index contributed by atoms with van der Waals surface area (Å²) in [6.45, 7) is 4.05. The van der Waals surface area contributed by atoms with Crippen LogP contribution in [0.3, 0.4) is 0 Å². The van der Waals surface area contributed by atoms with Crippen LogP contribution in [-0.2, 0) is 15.8 Å². The zero-order valence-electron chi connectivity index (χ0n) is 15.0. The van der Waals surface area contributed by atoms with Crippen molar-refractivity contribution in [1.82, 2.24) is 9.29 Å². The third-order valence-corrected chi connectivity index (χ3v) is 6.72. The number of oxazole rings is 1. The van der Waals surface area contributed by atoms with E-state index in [0.717, 1.165) is 16.8 Å². The zero-order chi connectivity index (χ0) is 19.0.